The lowest BCUT2D eigenvalue weighted by atomic mass is 9.89. The molecule has 0 bridgehead atoms. The fourth-order valence-corrected chi connectivity index (χ4v) is 4.95. The average molecular weight is 495 g/mol. The van der Waals surface area contributed by atoms with Crippen molar-refractivity contribution in [3.63, 3.8) is 0 Å². The molecule has 0 aromatic heterocycles. The number of thiocarbonyl (C=S) groups is 1. The maximum absolute atomic E-state index is 12.1. The van der Waals surface area contributed by atoms with Gasteiger partial charge in [-0.3, -0.25) is 4.79 Å². The van der Waals surface area contributed by atoms with Gasteiger partial charge in [-0.15, -0.1) is 0 Å². The molecule has 190 valence electrons. The molecule has 1 heterocycles. The summed E-state index contributed by atoms with van der Waals surface area (Å²) in [5, 5.41) is 10.7. The van der Waals surface area contributed by atoms with Crippen LogP contribution in [-0.4, -0.2) is 41.1 Å². The first-order valence-electron chi connectivity index (χ1n) is 12.9. The highest BCUT2D eigenvalue weighted by Crippen LogP contribution is 2.30. The minimum atomic E-state index is -0.0674. The first kappa shape index (κ1) is 27.2. The summed E-state index contributed by atoms with van der Waals surface area (Å²) in [5.74, 6) is 0.583. The molecule has 0 saturated carbocycles. The number of nitrogens with zero attached hydrogens (tertiary/aromatic N) is 1. The summed E-state index contributed by atoms with van der Waals surface area (Å²) in [6.07, 6.45) is 3.27. The quantitative estimate of drug-likeness (QED) is 0.402. The summed E-state index contributed by atoms with van der Waals surface area (Å²) < 4.78 is 0. The van der Waals surface area contributed by atoms with Crippen LogP contribution in [0.1, 0.15) is 77.0 Å². The van der Waals surface area contributed by atoms with Gasteiger partial charge in [0.05, 0.1) is 6.04 Å². The maximum atomic E-state index is 12.1. The minimum Gasteiger partial charge on any atom is -0.358 e. The van der Waals surface area contributed by atoms with Crippen molar-refractivity contribution in [3.8, 4) is 0 Å². The third-order valence-corrected chi connectivity index (χ3v) is 6.69. The first-order valence-corrected chi connectivity index (χ1v) is 13.3. The summed E-state index contributed by atoms with van der Waals surface area (Å²) in [7, 11) is 0. The van der Waals surface area contributed by atoms with Crippen LogP contribution in [0, 0.1) is 5.92 Å². The van der Waals surface area contributed by atoms with Crippen molar-refractivity contribution in [1.82, 2.24) is 15.5 Å². The molecule has 0 radical (unpaired) electrons. The zero-order valence-electron chi connectivity index (χ0n) is 21.9. The van der Waals surface area contributed by atoms with Crippen LogP contribution in [0.5, 0.6) is 0 Å². The summed E-state index contributed by atoms with van der Waals surface area (Å²) >= 11 is 5.61. The van der Waals surface area contributed by atoms with Crippen LogP contribution in [-0.2, 0) is 4.79 Å². The topological polar surface area (TPSA) is 56.4 Å². The van der Waals surface area contributed by atoms with Crippen molar-refractivity contribution in [1.29, 1.82) is 0 Å². The van der Waals surface area contributed by atoms with E-state index >= 15 is 0 Å². The first-order chi connectivity index (χ1) is 16.6. The standard InChI is InChI=1S/C29H42N4OS/c1-21(2)27(34)30-25-13-9-12-24(20-25)22-14-17-33(18-15-22)19-16-26(23-10-7-6-8-11-23)31-28(35)32-29(3,4)5/h6-13,20-22,26H,14-19H2,1-5H3,(H,30,34)(H2,31,32,35). The molecular formula is C29H42N4OS. The molecule has 3 rings (SSSR count). The summed E-state index contributed by atoms with van der Waals surface area (Å²) in [4.78, 5) is 14.6. The largest absolute Gasteiger partial charge is 0.358 e. The number of rotatable bonds is 8. The molecule has 1 aliphatic heterocycles. The summed E-state index contributed by atoms with van der Waals surface area (Å²) in [5.41, 5.74) is 3.43. The van der Waals surface area contributed by atoms with Gasteiger partial charge in [0.2, 0.25) is 5.91 Å². The minimum absolute atomic E-state index is 0.0188. The molecule has 1 aliphatic rings. The van der Waals surface area contributed by atoms with Gasteiger partial charge in [-0.2, -0.15) is 0 Å². The van der Waals surface area contributed by atoms with Gasteiger partial charge in [-0.05, 0) is 94.5 Å². The predicted molar refractivity (Wildman–Crippen MR) is 151 cm³/mol. The zero-order chi connectivity index (χ0) is 25.4. The van der Waals surface area contributed by atoms with Crippen molar-refractivity contribution in [2.24, 2.45) is 5.92 Å². The van der Waals surface area contributed by atoms with Gasteiger partial charge in [0.15, 0.2) is 5.11 Å². The van der Waals surface area contributed by atoms with Gasteiger partial charge in [-0.25, -0.2) is 0 Å². The number of carbonyl (C=O) groups is 1. The second-order valence-corrected chi connectivity index (χ2v) is 11.4. The Hall–Kier alpha value is -2.44. The highest BCUT2D eigenvalue weighted by molar-refractivity contribution is 7.80. The Kier molecular flexibility index (Phi) is 9.70. The Morgan fingerprint density at radius 3 is 2.37 bits per heavy atom. The maximum Gasteiger partial charge on any atom is 0.226 e. The highest BCUT2D eigenvalue weighted by Gasteiger charge is 2.23. The molecule has 1 atom stereocenters. The molecule has 3 N–H and O–H groups in total. The van der Waals surface area contributed by atoms with E-state index in [2.05, 4.69) is 90.2 Å². The molecule has 5 nitrogen and oxygen atoms in total. The lowest BCUT2D eigenvalue weighted by Gasteiger charge is -2.34. The van der Waals surface area contributed by atoms with E-state index in [0.29, 0.717) is 11.0 Å². The molecule has 6 heteroatoms. The van der Waals surface area contributed by atoms with Crippen molar-refractivity contribution < 1.29 is 4.79 Å². The predicted octanol–water partition coefficient (Wildman–Crippen LogP) is 5.85. The molecule has 2 aromatic rings. The van der Waals surface area contributed by atoms with Gasteiger partial charge in [0.25, 0.3) is 0 Å². The van der Waals surface area contributed by atoms with Crippen LogP contribution in [0.15, 0.2) is 54.6 Å². The van der Waals surface area contributed by atoms with E-state index in [1.807, 2.05) is 19.9 Å². The van der Waals surface area contributed by atoms with Gasteiger partial charge in [0, 0.05) is 23.7 Å². The van der Waals surface area contributed by atoms with Gasteiger partial charge < -0.3 is 20.9 Å². The molecule has 1 fully saturated rings. The number of nitrogens with one attached hydrogen (secondary N) is 3. The highest BCUT2D eigenvalue weighted by atomic mass is 32.1. The fourth-order valence-electron chi connectivity index (χ4n) is 4.50. The van der Waals surface area contributed by atoms with E-state index in [1.54, 1.807) is 0 Å². The fraction of sp³-hybridized carbons (Fsp3) is 0.517. The van der Waals surface area contributed by atoms with Crippen LogP contribution in [0.25, 0.3) is 0 Å². The number of likely N-dealkylation sites (tertiary alicyclic amines) is 1. The van der Waals surface area contributed by atoms with E-state index in [9.17, 15) is 4.79 Å². The molecule has 0 aliphatic carbocycles. The molecule has 1 amide bonds. The van der Waals surface area contributed by atoms with E-state index < -0.39 is 0 Å². The van der Waals surface area contributed by atoms with Crippen molar-refractivity contribution in [2.45, 2.75) is 71.4 Å². The molecule has 35 heavy (non-hydrogen) atoms. The lowest BCUT2D eigenvalue weighted by Crippen LogP contribution is -2.47. The number of benzene rings is 2. The zero-order valence-corrected chi connectivity index (χ0v) is 22.8. The van der Waals surface area contributed by atoms with E-state index in [-0.39, 0.29) is 23.4 Å². The van der Waals surface area contributed by atoms with E-state index in [4.69, 9.17) is 12.2 Å². The third-order valence-electron chi connectivity index (χ3n) is 6.47. The number of anilines is 1. The van der Waals surface area contributed by atoms with Crippen LogP contribution in [0.4, 0.5) is 5.69 Å². The number of hydrogen-bond donors (Lipinski definition) is 3. The van der Waals surface area contributed by atoms with Gasteiger partial charge >= 0.3 is 0 Å². The van der Waals surface area contributed by atoms with Crippen molar-refractivity contribution >= 4 is 28.9 Å². The van der Waals surface area contributed by atoms with Crippen LogP contribution in [0.3, 0.4) is 0 Å². The monoisotopic (exact) mass is 494 g/mol. The summed E-state index contributed by atoms with van der Waals surface area (Å²) in [6, 6.07) is 19.2. The Morgan fingerprint density at radius 2 is 1.74 bits per heavy atom. The number of hydrogen-bond acceptors (Lipinski definition) is 3. The molecule has 0 spiro atoms. The van der Waals surface area contributed by atoms with Crippen LogP contribution < -0.4 is 16.0 Å². The molecular weight excluding hydrogens is 452 g/mol. The Labute approximate surface area is 217 Å². The van der Waals surface area contributed by atoms with E-state index in [1.165, 1.54) is 11.1 Å². The second kappa shape index (κ2) is 12.5. The third kappa shape index (κ3) is 8.93. The molecule has 1 saturated heterocycles. The lowest BCUT2D eigenvalue weighted by molar-refractivity contribution is -0.118. The second-order valence-electron chi connectivity index (χ2n) is 11.0. The Morgan fingerprint density at radius 1 is 1.06 bits per heavy atom. The number of piperidine rings is 1. The van der Waals surface area contributed by atoms with Crippen LogP contribution >= 0.6 is 12.2 Å². The van der Waals surface area contributed by atoms with Crippen LogP contribution in [0.2, 0.25) is 0 Å². The smallest absolute Gasteiger partial charge is 0.226 e. The van der Waals surface area contributed by atoms with Crippen molar-refractivity contribution in [2.75, 3.05) is 25.0 Å². The Balaban J connectivity index is 1.54. The average Bonchev–Trinajstić information content (AvgIpc) is 2.81. The normalized spacial score (nSPS) is 16.1. The SMILES string of the molecule is CC(C)C(=O)Nc1cccc(C2CCN(CCC(NC(=S)NC(C)(C)C)c3ccccc3)CC2)c1. The molecule has 1 unspecified atom stereocenters. The Bertz CT molecular complexity index is 962. The van der Waals surface area contributed by atoms with Gasteiger partial charge in [0.1, 0.15) is 0 Å². The number of amides is 1. The summed E-state index contributed by atoms with van der Waals surface area (Å²) in [6.45, 7) is 13.4. The number of carbonyl (C=O) groups excluding carboxylic acids is 1. The van der Waals surface area contributed by atoms with E-state index in [0.717, 1.165) is 44.6 Å². The van der Waals surface area contributed by atoms with Gasteiger partial charge in [-0.1, -0.05) is 56.3 Å². The molecule has 2 aromatic carbocycles. The van der Waals surface area contributed by atoms with Crippen molar-refractivity contribution in [3.05, 3.63) is 65.7 Å².